The number of rotatable bonds is 5. The zero-order chi connectivity index (χ0) is 22.1. The van der Waals surface area contributed by atoms with Gasteiger partial charge in [0, 0.05) is 31.2 Å². The van der Waals surface area contributed by atoms with Gasteiger partial charge in [-0.1, -0.05) is 23.9 Å². The van der Waals surface area contributed by atoms with Crippen LogP contribution in [-0.2, 0) is 10.5 Å². The highest BCUT2D eigenvalue weighted by molar-refractivity contribution is 7.98. The van der Waals surface area contributed by atoms with Crippen LogP contribution in [0.1, 0.15) is 12.6 Å². The van der Waals surface area contributed by atoms with Crippen molar-refractivity contribution < 1.29 is 13.6 Å². The van der Waals surface area contributed by atoms with Crippen LogP contribution in [0, 0.1) is 11.6 Å². The predicted molar refractivity (Wildman–Crippen MR) is 118 cm³/mol. The summed E-state index contributed by atoms with van der Waals surface area (Å²) < 4.78 is 29.1. The molecule has 1 amide bonds. The first-order valence-corrected chi connectivity index (χ1v) is 11.0. The summed E-state index contributed by atoms with van der Waals surface area (Å²) in [7, 11) is 1.64. The normalized spacial score (nSPS) is 11.1. The molecule has 10 heteroatoms. The number of hydrogen-bond acceptors (Lipinski definition) is 6. The number of benzene rings is 2. The fraction of sp³-hybridized carbons (Fsp3) is 0.143. The molecule has 31 heavy (non-hydrogen) atoms. The predicted octanol–water partition coefficient (Wildman–Crippen LogP) is 4.40. The fourth-order valence-corrected chi connectivity index (χ4v) is 4.71. The molecule has 0 aliphatic carbocycles. The molecule has 0 aliphatic rings. The van der Waals surface area contributed by atoms with Gasteiger partial charge in [-0.25, -0.2) is 18.7 Å². The van der Waals surface area contributed by atoms with Crippen molar-refractivity contribution in [1.82, 2.24) is 14.5 Å². The maximum atomic E-state index is 14.5. The third kappa shape index (κ3) is 4.21. The van der Waals surface area contributed by atoms with Crippen molar-refractivity contribution in [2.45, 2.75) is 17.8 Å². The van der Waals surface area contributed by atoms with E-state index >= 15 is 0 Å². The summed E-state index contributed by atoms with van der Waals surface area (Å²) in [6, 6.07) is 9.82. The largest absolute Gasteiger partial charge is 0.292 e. The summed E-state index contributed by atoms with van der Waals surface area (Å²) >= 11 is 2.52. The number of carbonyl (C=O) groups excluding carboxylic acids is 1. The van der Waals surface area contributed by atoms with Crippen molar-refractivity contribution >= 4 is 45.0 Å². The molecule has 2 heterocycles. The second kappa shape index (κ2) is 8.56. The van der Waals surface area contributed by atoms with Gasteiger partial charge in [0.25, 0.3) is 5.56 Å². The summed E-state index contributed by atoms with van der Waals surface area (Å²) in [4.78, 5) is 35.1. The number of nitrogens with zero attached hydrogens (tertiary/aromatic N) is 4. The molecule has 0 saturated heterocycles. The summed E-state index contributed by atoms with van der Waals surface area (Å²) in [6.07, 6.45) is 0. The van der Waals surface area contributed by atoms with Crippen molar-refractivity contribution in [3.63, 3.8) is 0 Å². The Kier molecular flexibility index (Phi) is 5.84. The molecule has 4 rings (SSSR count). The number of anilines is 1. The smallest absolute Gasteiger partial charge is 0.266 e. The lowest BCUT2D eigenvalue weighted by atomic mass is 10.2. The molecule has 158 valence electrons. The van der Waals surface area contributed by atoms with Crippen LogP contribution in [-0.4, -0.2) is 27.5 Å². The van der Waals surface area contributed by atoms with E-state index in [2.05, 4.69) is 9.97 Å². The van der Waals surface area contributed by atoms with E-state index in [9.17, 15) is 18.4 Å². The molecule has 0 bridgehead atoms. The van der Waals surface area contributed by atoms with E-state index in [0.29, 0.717) is 27.5 Å². The van der Waals surface area contributed by atoms with Crippen LogP contribution in [0.15, 0.2) is 57.8 Å². The third-order valence-corrected chi connectivity index (χ3v) is 6.48. The summed E-state index contributed by atoms with van der Waals surface area (Å²) in [5, 5.41) is 2.94. The summed E-state index contributed by atoms with van der Waals surface area (Å²) in [5.41, 5.74) is 0.631. The maximum Gasteiger partial charge on any atom is 0.266 e. The van der Waals surface area contributed by atoms with Gasteiger partial charge >= 0.3 is 0 Å². The van der Waals surface area contributed by atoms with Crippen LogP contribution < -0.4 is 10.5 Å². The highest BCUT2D eigenvalue weighted by Gasteiger charge is 2.18. The van der Waals surface area contributed by atoms with Crippen molar-refractivity contribution in [2.75, 3.05) is 11.9 Å². The molecule has 6 nitrogen and oxygen atoms in total. The number of thiazole rings is 1. The number of carbonyl (C=O) groups is 1. The Morgan fingerprint density at radius 2 is 1.97 bits per heavy atom. The Labute approximate surface area is 184 Å². The zero-order valence-electron chi connectivity index (χ0n) is 16.5. The van der Waals surface area contributed by atoms with Gasteiger partial charge in [0.15, 0.2) is 10.3 Å². The minimum absolute atomic E-state index is 0.0811. The zero-order valence-corrected chi connectivity index (χ0v) is 18.1. The number of amides is 1. The Morgan fingerprint density at radius 1 is 1.19 bits per heavy atom. The highest BCUT2D eigenvalue weighted by Crippen LogP contribution is 2.28. The first-order valence-electron chi connectivity index (χ1n) is 9.14. The number of fused-ring (bicyclic) bond motifs is 1. The molecule has 0 radical (unpaired) electrons. The van der Waals surface area contributed by atoms with Crippen molar-refractivity contribution in [3.8, 4) is 5.69 Å². The minimum Gasteiger partial charge on any atom is -0.292 e. The van der Waals surface area contributed by atoms with Gasteiger partial charge in [-0.3, -0.25) is 19.1 Å². The molecular formula is C21H16F2N4O2S2. The first kappa shape index (κ1) is 21.1. The molecule has 2 aromatic heterocycles. The molecule has 0 aliphatic heterocycles. The van der Waals surface area contributed by atoms with Crippen LogP contribution in [0.4, 0.5) is 13.9 Å². The topological polar surface area (TPSA) is 68.1 Å². The van der Waals surface area contributed by atoms with Gasteiger partial charge in [0.05, 0.1) is 22.3 Å². The standard InChI is InChI=1S/C21H16F2N4O2S2/c1-12(28)26(2)20-24-14(10-30-20)11-31-21-25-17-6-4-3-5-15(17)19(29)27(21)18-8-7-13(22)9-16(18)23/h3-10H,11H2,1-2H3. The van der Waals surface area contributed by atoms with Crippen LogP contribution in [0.25, 0.3) is 16.6 Å². The quantitative estimate of drug-likeness (QED) is 0.328. The van der Waals surface area contributed by atoms with Gasteiger partial charge in [-0.05, 0) is 24.3 Å². The van der Waals surface area contributed by atoms with E-state index < -0.39 is 17.2 Å². The van der Waals surface area contributed by atoms with Gasteiger partial charge in [0.1, 0.15) is 11.6 Å². The number of para-hydroxylation sites is 1. The highest BCUT2D eigenvalue weighted by atomic mass is 32.2. The minimum atomic E-state index is -0.861. The fourth-order valence-electron chi connectivity index (χ4n) is 2.87. The Morgan fingerprint density at radius 3 is 2.71 bits per heavy atom. The Balaban J connectivity index is 1.76. The lowest BCUT2D eigenvalue weighted by Crippen LogP contribution is -2.23. The van der Waals surface area contributed by atoms with Gasteiger partial charge in [0.2, 0.25) is 5.91 Å². The lowest BCUT2D eigenvalue weighted by molar-refractivity contribution is -0.116. The molecule has 0 N–H and O–H groups in total. The SMILES string of the molecule is CC(=O)N(C)c1nc(CSc2nc3ccccc3c(=O)n2-c2ccc(F)cc2F)cs1. The number of aromatic nitrogens is 3. The van der Waals surface area contributed by atoms with Crippen LogP contribution in [0.3, 0.4) is 0 Å². The number of thioether (sulfide) groups is 1. The van der Waals surface area contributed by atoms with Crippen LogP contribution >= 0.6 is 23.1 Å². The average Bonchev–Trinajstić information content (AvgIpc) is 3.21. The van der Waals surface area contributed by atoms with E-state index in [1.807, 2.05) is 5.38 Å². The molecule has 0 saturated carbocycles. The van der Waals surface area contributed by atoms with E-state index in [1.54, 1.807) is 31.3 Å². The van der Waals surface area contributed by atoms with E-state index in [0.717, 1.165) is 16.7 Å². The van der Waals surface area contributed by atoms with Crippen LogP contribution in [0.2, 0.25) is 0 Å². The van der Waals surface area contributed by atoms with Gasteiger partial charge in [-0.15, -0.1) is 11.3 Å². The van der Waals surface area contributed by atoms with E-state index in [1.165, 1.54) is 41.0 Å². The Hall–Kier alpha value is -3.11. The molecule has 2 aromatic carbocycles. The molecule has 0 fully saturated rings. The first-order chi connectivity index (χ1) is 14.8. The number of halogens is 2. The monoisotopic (exact) mass is 458 g/mol. The number of hydrogen-bond donors (Lipinski definition) is 0. The summed E-state index contributed by atoms with van der Waals surface area (Å²) in [6.45, 7) is 1.45. The van der Waals surface area contributed by atoms with Gasteiger partial charge < -0.3 is 0 Å². The second-order valence-electron chi connectivity index (χ2n) is 6.64. The van der Waals surface area contributed by atoms with Crippen molar-refractivity contribution in [1.29, 1.82) is 0 Å². The maximum absolute atomic E-state index is 14.5. The summed E-state index contributed by atoms with van der Waals surface area (Å²) in [5.74, 6) is -1.39. The molecule has 0 unspecified atom stereocenters. The molecule has 0 atom stereocenters. The molecular weight excluding hydrogens is 442 g/mol. The third-order valence-electron chi connectivity index (χ3n) is 4.54. The van der Waals surface area contributed by atoms with Gasteiger partial charge in [-0.2, -0.15) is 0 Å². The molecule has 0 spiro atoms. The van der Waals surface area contributed by atoms with Crippen LogP contribution in [0.5, 0.6) is 0 Å². The van der Waals surface area contributed by atoms with Crippen molar-refractivity contribution in [2.24, 2.45) is 0 Å². The average molecular weight is 459 g/mol. The second-order valence-corrected chi connectivity index (χ2v) is 8.42. The Bertz CT molecular complexity index is 1350. The van der Waals surface area contributed by atoms with E-state index in [4.69, 9.17) is 0 Å². The van der Waals surface area contributed by atoms with E-state index in [-0.39, 0.29) is 16.8 Å². The lowest BCUT2D eigenvalue weighted by Gasteiger charge is -2.13. The molecule has 4 aromatic rings. The van der Waals surface area contributed by atoms with Crippen molar-refractivity contribution in [3.05, 3.63) is 75.5 Å².